The molecule has 1 aromatic carbocycles. The number of esters is 1. The smallest absolute Gasteiger partial charge is 0.320 e. The Kier molecular flexibility index (Phi) is 8.61. The van der Waals surface area contributed by atoms with Crippen LogP contribution >= 0.6 is 23.7 Å². The van der Waals surface area contributed by atoms with Gasteiger partial charge >= 0.3 is 5.97 Å². The zero-order chi connectivity index (χ0) is 15.8. The van der Waals surface area contributed by atoms with E-state index in [0.717, 1.165) is 17.8 Å². The SMILES string of the molecule is CCOC(=O)CN(CCc1ccccc1)Cc1cnc(N)s1.Cl. The van der Waals surface area contributed by atoms with Gasteiger partial charge in [0.25, 0.3) is 0 Å². The van der Waals surface area contributed by atoms with Crippen molar-refractivity contribution in [3.05, 3.63) is 47.0 Å². The van der Waals surface area contributed by atoms with Gasteiger partial charge in [-0.25, -0.2) is 4.98 Å². The second-order valence-corrected chi connectivity index (χ2v) is 6.06. The average molecular weight is 356 g/mol. The lowest BCUT2D eigenvalue weighted by Gasteiger charge is -2.20. The highest BCUT2D eigenvalue weighted by molar-refractivity contribution is 7.15. The van der Waals surface area contributed by atoms with Crippen LogP contribution in [0.25, 0.3) is 0 Å². The van der Waals surface area contributed by atoms with Crippen molar-refractivity contribution in [1.29, 1.82) is 0 Å². The largest absolute Gasteiger partial charge is 0.465 e. The average Bonchev–Trinajstić information content (AvgIpc) is 2.91. The minimum absolute atomic E-state index is 0. The number of hydrogen-bond acceptors (Lipinski definition) is 6. The van der Waals surface area contributed by atoms with E-state index in [4.69, 9.17) is 10.5 Å². The maximum absolute atomic E-state index is 11.8. The van der Waals surface area contributed by atoms with Crippen molar-refractivity contribution in [2.75, 3.05) is 25.4 Å². The van der Waals surface area contributed by atoms with Gasteiger partial charge in [-0.2, -0.15) is 0 Å². The first-order chi connectivity index (χ1) is 10.7. The number of halogens is 1. The predicted molar refractivity (Wildman–Crippen MR) is 95.8 cm³/mol. The second kappa shape index (κ2) is 10.2. The molecule has 0 aliphatic carbocycles. The fraction of sp³-hybridized carbons (Fsp3) is 0.375. The summed E-state index contributed by atoms with van der Waals surface area (Å²) in [6.45, 7) is 3.93. The predicted octanol–water partition coefficient (Wildman–Crippen LogP) is 2.75. The van der Waals surface area contributed by atoms with Gasteiger partial charge in [-0.05, 0) is 18.9 Å². The number of carbonyl (C=O) groups is 1. The van der Waals surface area contributed by atoms with Crippen LogP contribution in [0, 0.1) is 0 Å². The van der Waals surface area contributed by atoms with Crippen molar-refractivity contribution >= 4 is 34.8 Å². The van der Waals surface area contributed by atoms with Gasteiger partial charge in [-0.1, -0.05) is 30.3 Å². The van der Waals surface area contributed by atoms with E-state index in [1.54, 1.807) is 6.20 Å². The molecule has 1 heterocycles. The summed E-state index contributed by atoms with van der Waals surface area (Å²) in [7, 11) is 0. The lowest BCUT2D eigenvalue weighted by atomic mass is 10.1. The fourth-order valence-electron chi connectivity index (χ4n) is 2.15. The van der Waals surface area contributed by atoms with Gasteiger partial charge in [-0.15, -0.1) is 23.7 Å². The standard InChI is InChI=1S/C16H21N3O2S.ClH/c1-2-21-15(20)12-19(11-14-10-18-16(17)22-14)9-8-13-6-4-3-5-7-13;/h3-7,10H,2,8-9,11-12H2,1H3,(H2,17,18);1H. The summed E-state index contributed by atoms with van der Waals surface area (Å²) in [6, 6.07) is 10.2. The Balaban J connectivity index is 0.00000264. The molecule has 1 aromatic heterocycles. The lowest BCUT2D eigenvalue weighted by molar-refractivity contribution is -0.144. The second-order valence-electron chi connectivity index (χ2n) is 4.92. The number of benzene rings is 1. The Morgan fingerprint density at radius 1 is 1.35 bits per heavy atom. The normalized spacial score (nSPS) is 10.3. The number of ether oxygens (including phenoxy) is 1. The van der Waals surface area contributed by atoms with Crippen LogP contribution in [0.4, 0.5) is 5.13 Å². The molecule has 0 atom stereocenters. The molecule has 2 rings (SSSR count). The van der Waals surface area contributed by atoms with Crippen LogP contribution in [0.5, 0.6) is 0 Å². The Bertz CT molecular complexity index is 592. The molecule has 0 saturated carbocycles. The van der Waals surface area contributed by atoms with Gasteiger partial charge < -0.3 is 10.5 Å². The van der Waals surface area contributed by atoms with Gasteiger partial charge in [0.1, 0.15) is 0 Å². The summed E-state index contributed by atoms with van der Waals surface area (Å²) in [5.41, 5.74) is 6.92. The zero-order valence-electron chi connectivity index (χ0n) is 13.1. The summed E-state index contributed by atoms with van der Waals surface area (Å²) in [6.07, 6.45) is 2.65. The van der Waals surface area contributed by atoms with Gasteiger partial charge in [0.15, 0.2) is 5.13 Å². The van der Waals surface area contributed by atoms with E-state index in [9.17, 15) is 4.79 Å². The Labute approximate surface area is 146 Å². The lowest BCUT2D eigenvalue weighted by Crippen LogP contribution is -2.32. The maximum atomic E-state index is 11.8. The number of nitrogens with zero attached hydrogens (tertiary/aromatic N) is 2. The summed E-state index contributed by atoms with van der Waals surface area (Å²) in [5.74, 6) is -0.201. The van der Waals surface area contributed by atoms with Crippen LogP contribution in [0.2, 0.25) is 0 Å². The number of hydrogen-bond donors (Lipinski definition) is 1. The highest BCUT2D eigenvalue weighted by atomic mass is 35.5. The molecule has 126 valence electrons. The van der Waals surface area contributed by atoms with Crippen molar-refractivity contribution in [2.24, 2.45) is 0 Å². The van der Waals surface area contributed by atoms with Gasteiger partial charge in [-0.3, -0.25) is 9.69 Å². The van der Waals surface area contributed by atoms with Crippen molar-refractivity contribution < 1.29 is 9.53 Å². The summed E-state index contributed by atoms with van der Waals surface area (Å²) >= 11 is 1.45. The molecular formula is C16H22ClN3O2S. The third kappa shape index (κ3) is 6.99. The molecule has 0 bridgehead atoms. The number of nitrogen functional groups attached to an aromatic ring is 1. The molecule has 23 heavy (non-hydrogen) atoms. The molecule has 0 unspecified atom stereocenters. The first-order valence-electron chi connectivity index (χ1n) is 7.29. The quantitative estimate of drug-likeness (QED) is 0.737. The van der Waals surface area contributed by atoms with E-state index in [-0.39, 0.29) is 24.9 Å². The van der Waals surface area contributed by atoms with E-state index in [1.165, 1.54) is 16.9 Å². The number of aromatic nitrogens is 1. The molecule has 0 aliphatic heterocycles. The maximum Gasteiger partial charge on any atom is 0.320 e. The summed E-state index contributed by atoms with van der Waals surface area (Å²) < 4.78 is 5.05. The van der Waals surface area contributed by atoms with Gasteiger partial charge in [0, 0.05) is 24.2 Å². The van der Waals surface area contributed by atoms with E-state index in [0.29, 0.717) is 18.3 Å². The molecule has 0 radical (unpaired) electrons. The third-order valence-electron chi connectivity index (χ3n) is 3.17. The number of anilines is 1. The molecule has 0 aliphatic rings. The molecule has 7 heteroatoms. The number of rotatable bonds is 8. The Morgan fingerprint density at radius 2 is 2.09 bits per heavy atom. The minimum atomic E-state index is -0.201. The van der Waals surface area contributed by atoms with Crippen molar-refractivity contribution in [3.8, 4) is 0 Å². The molecule has 2 aromatic rings. The summed E-state index contributed by atoms with van der Waals surface area (Å²) in [4.78, 5) is 18.9. The monoisotopic (exact) mass is 355 g/mol. The Hall–Kier alpha value is -1.63. The highest BCUT2D eigenvalue weighted by Crippen LogP contribution is 2.17. The third-order valence-corrected chi connectivity index (χ3v) is 3.98. The minimum Gasteiger partial charge on any atom is -0.465 e. The van der Waals surface area contributed by atoms with Crippen molar-refractivity contribution in [2.45, 2.75) is 19.9 Å². The first kappa shape index (κ1) is 19.4. The van der Waals surface area contributed by atoms with Crippen molar-refractivity contribution in [1.82, 2.24) is 9.88 Å². The Morgan fingerprint density at radius 3 is 2.70 bits per heavy atom. The van der Waals surface area contributed by atoms with Gasteiger partial charge in [0.05, 0.1) is 13.2 Å². The topological polar surface area (TPSA) is 68.5 Å². The van der Waals surface area contributed by atoms with Crippen LogP contribution < -0.4 is 5.73 Å². The first-order valence-corrected chi connectivity index (χ1v) is 8.11. The fourth-order valence-corrected chi connectivity index (χ4v) is 2.88. The molecule has 2 N–H and O–H groups in total. The van der Waals surface area contributed by atoms with E-state index in [1.807, 2.05) is 25.1 Å². The van der Waals surface area contributed by atoms with Gasteiger partial charge in [0.2, 0.25) is 0 Å². The van der Waals surface area contributed by atoms with E-state index >= 15 is 0 Å². The molecule has 0 saturated heterocycles. The summed E-state index contributed by atoms with van der Waals surface area (Å²) in [5, 5.41) is 0.550. The van der Waals surface area contributed by atoms with Crippen LogP contribution in [-0.2, 0) is 22.5 Å². The van der Waals surface area contributed by atoms with Crippen LogP contribution in [-0.4, -0.2) is 35.5 Å². The molecule has 5 nitrogen and oxygen atoms in total. The molecular weight excluding hydrogens is 334 g/mol. The van der Waals surface area contributed by atoms with Crippen LogP contribution in [0.1, 0.15) is 17.4 Å². The number of thiazole rings is 1. The number of carbonyl (C=O) groups excluding carboxylic acids is 1. The van der Waals surface area contributed by atoms with Crippen LogP contribution in [0.15, 0.2) is 36.5 Å². The van der Waals surface area contributed by atoms with E-state index in [2.05, 4.69) is 22.0 Å². The molecule has 0 fully saturated rings. The van der Waals surface area contributed by atoms with Crippen molar-refractivity contribution in [3.63, 3.8) is 0 Å². The van der Waals surface area contributed by atoms with Crippen LogP contribution in [0.3, 0.4) is 0 Å². The molecule has 0 amide bonds. The zero-order valence-corrected chi connectivity index (χ0v) is 14.7. The molecule has 0 spiro atoms. The highest BCUT2D eigenvalue weighted by Gasteiger charge is 2.13. The number of nitrogens with two attached hydrogens (primary N) is 1. The van der Waals surface area contributed by atoms with E-state index < -0.39 is 0 Å².